The highest BCUT2D eigenvalue weighted by Crippen LogP contribution is 2.41. The number of rotatable bonds is 8. The Morgan fingerprint density at radius 3 is 1.28 bits per heavy atom. The van der Waals surface area contributed by atoms with E-state index in [-0.39, 0.29) is 0 Å². The van der Waals surface area contributed by atoms with Crippen LogP contribution in [0.1, 0.15) is 0 Å². The van der Waals surface area contributed by atoms with Crippen LogP contribution in [-0.4, -0.2) is 4.57 Å². The molecule has 13 rings (SSSR count). The summed E-state index contributed by atoms with van der Waals surface area (Å²) < 4.78 is 2.39. The maximum absolute atomic E-state index is 2.39. The highest BCUT2D eigenvalue weighted by atomic mass is 15.1. The first-order valence-corrected chi connectivity index (χ1v) is 23.4. The van der Waals surface area contributed by atoms with Crippen molar-refractivity contribution in [1.82, 2.24) is 4.57 Å². The molecule has 0 atom stereocenters. The highest BCUT2D eigenvalue weighted by molar-refractivity contribution is 6.14. The van der Waals surface area contributed by atoms with Gasteiger partial charge in [-0.3, -0.25) is 0 Å². The van der Waals surface area contributed by atoms with Crippen molar-refractivity contribution in [2.24, 2.45) is 0 Å². The van der Waals surface area contributed by atoms with Gasteiger partial charge in [-0.2, -0.15) is 0 Å². The average Bonchev–Trinajstić information content (AvgIpc) is 3.76. The second-order valence-corrected chi connectivity index (χ2v) is 17.7. The molecule has 13 aromatic rings. The Balaban J connectivity index is 0.860. The lowest BCUT2D eigenvalue weighted by Gasteiger charge is -2.26. The minimum absolute atomic E-state index is 1.08. The zero-order chi connectivity index (χ0) is 45.0. The van der Waals surface area contributed by atoms with E-state index in [1.165, 1.54) is 98.6 Å². The molecule has 0 saturated heterocycles. The van der Waals surface area contributed by atoms with Gasteiger partial charge in [-0.05, 0) is 144 Å². The molecule has 0 amide bonds. The lowest BCUT2D eigenvalue weighted by atomic mass is 9.92. The molecule has 1 aromatic heterocycles. The van der Waals surface area contributed by atoms with Crippen LogP contribution in [0.4, 0.5) is 17.1 Å². The fourth-order valence-corrected chi connectivity index (χ4v) is 10.4. The smallest absolute Gasteiger partial charge is 0.0541 e. The van der Waals surface area contributed by atoms with Crippen LogP contribution in [0.15, 0.2) is 267 Å². The molecule has 0 aliphatic carbocycles. The van der Waals surface area contributed by atoms with Crippen LogP contribution >= 0.6 is 0 Å². The Labute approximate surface area is 395 Å². The van der Waals surface area contributed by atoms with E-state index in [9.17, 15) is 0 Å². The Hall–Kier alpha value is -8.98. The number of hydrogen-bond donors (Lipinski definition) is 0. The third-order valence-electron chi connectivity index (χ3n) is 13.8. The van der Waals surface area contributed by atoms with Crippen LogP contribution in [0.2, 0.25) is 0 Å². The van der Waals surface area contributed by atoms with Crippen molar-refractivity contribution >= 4 is 71.2 Å². The van der Waals surface area contributed by atoms with Crippen molar-refractivity contribution in [2.45, 2.75) is 0 Å². The van der Waals surface area contributed by atoms with Crippen LogP contribution < -0.4 is 4.90 Å². The molecule has 0 saturated carbocycles. The number of hydrogen-bond acceptors (Lipinski definition) is 1. The lowest BCUT2D eigenvalue weighted by molar-refractivity contribution is 1.17. The first-order chi connectivity index (χ1) is 33.7. The number of para-hydroxylation sites is 2. The maximum Gasteiger partial charge on any atom is 0.0541 e. The predicted molar refractivity (Wildman–Crippen MR) is 290 cm³/mol. The van der Waals surface area contributed by atoms with Gasteiger partial charge >= 0.3 is 0 Å². The quantitative estimate of drug-likeness (QED) is 0.138. The highest BCUT2D eigenvalue weighted by Gasteiger charge is 2.17. The van der Waals surface area contributed by atoms with Crippen LogP contribution in [0, 0.1) is 0 Å². The number of anilines is 3. The second-order valence-electron chi connectivity index (χ2n) is 17.7. The standard InChI is InChI=1S/C66H44N2/c1-2-13-52-42-53(33-30-45(52)12-1)50-26-24-46(25-27-50)48-34-38-55(39-35-48)67(57-15-11-16-58(44-57)68-65-22-9-7-20-62(65)63-21-8-10-23-66(63)68)56-40-36-49(37-41-56)47-28-31-51(32-29-47)64-43-54-14-3-4-17-59(54)60-18-5-6-19-61(60)64/h1-44H. The Bertz CT molecular complexity index is 3940. The van der Waals surface area contributed by atoms with Gasteiger partial charge in [0.1, 0.15) is 0 Å². The number of fused-ring (bicyclic) bond motifs is 7. The van der Waals surface area contributed by atoms with E-state index in [1.54, 1.807) is 0 Å². The molecule has 0 spiro atoms. The molecule has 12 aromatic carbocycles. The van der Waals surface area contributed by atoms with E-state index in [2.05, 4.69) is 276 Å². The number of nitrogens with zero attached hydrogens (tertiary/aromatic N) is 2. The minimum atomic E-state index is 1.08. The Kier molecular flexibility index (Phi) is 9.54. The zero-order valence-electron chi connectivity index (χ0n) is 37.3. The number of aromatic nitrogens is 1. The van der Waals surface area contributed by atoms with E-state index in [0.29, 0.717) is 0 Å². The minimum Gasteiger partial charge on any atom is -0.310 e. The summed E-state index contributed by atoms with van der Waals surface area (Å²) in [7, 11) is 0. The normalized spacial score (nSPS) is 11.5. The topological polar surface area (TPSA) is 8.17 Å². The molecule has 0 fully saturated rings. The zero-order valence-corrected chi connectivity index (χ0v) is 37.3. The van der Waals surface area contributed by atoms with Gasteiger partial charge < -0.3 is 9.47 Å². The fraction of sp³-hybridized carbons (Fsp3) is 0. The van der Waals surface area contributed by atoms with Crippen molar-refractivity contribution in [3.05, 3.63) is 267 Å². The van der Waals surface area contributed by atoms with Gasteiger partial charge in [0.25, 0.3) is 0 Å². The van der Waals surface area contributed by atoms with Gasteiger partial charge in [-0.25, -0.2) is 0 Å². The summed E-state index contributed by atoms with van der Waals surface area (Å²) >= 11 is 0. The summed E-state index contributed by atoms with van der Waals surface area (Å²) in [5.74, 6) is 0. The molecular formula is C66H44N2. The molecule has 2 nitrogen and oxygen atoms in total. The molecule has 68 heavy (non-hydrogen) atoms. The van der Waals surface area contributed by atoms with Crippen molar-refractivity contribution in [1.29, 1.82) is 0 Å². The predicted octanol–water partition coefficient (Wildman–Crippen LogP) is 18.4. The first kappa shape index (κ1) is 39.4. The summed E-state index contributed by atoms with van der Waals surface area (Å²) in [6.07, 6.45) is 0. The van der Waals surface area contributed by atoms with Gasteiger partial charge in [0, 0.05) is 33.5 Å². The largest absolute Gasteiger partial charge is 0.310 e. The van der Waals surface area contributed by atoms with Crippen molar-refractivity contribution in [3.63, 3.8) is 0 Å². The fourth-order valence-electron chi connectivity index (χ4n) is 10.4. The van der Waals surface area contributed by atoms with Crippen LogP contribution in [-0.2, 0) is 0 Å². The van der Waals surface area contributed by atoms with Gasteiger partial charge in [0.15, 0.2) is 0 Å². The third kappa shape index (κ3) is 6.90. The maximum atomic E-state index is 2.39. The summed E-state index contributed by atoms with van der Waals surface area (Å²) in [5, 5.41) is 10.1. The van der Waals surface area contributed by atoms with E-state index < -0.39 is 0 Å². The third-order valence-corrected chi connectivity index (χ3v) is 13.8. The monoisotopic (exact) mass is 864 g/mol. The summed E-state index contributed by atoms with van der Waals surface area (Å²) in [6.45, 7) is 0. The van der Waals surface area contributed by atoms with Crippen molar-refractivity contribution in [3.8, 4) is 50.2 Å². The SMILES string of the molecule is c1cc(N(c2ccc(-c3ccc(-c4ccc5ccccc5c4)cc3)cc2)c2ccc(-c3ccc(-c4cc5ccccc5c5ccccc45)cc3)cc2)cc(-n2c3ccccc3c3ccccc32)c1. The van der Waals surface area contributed by atoms with Crippen LogP contribution in [0.5, 0.6) is 0 Å². The molecule has 0 aliphatic rings. The molecule has 0 aliphatic heterocycles. The summed E-state index contributed by atoms with van der Waals surface area (Å²) in [4.78, 5) is 2.38. The first-order valence-electron chi connectivity index (χ1n) is 23.4. The molecule has 0 unspecified atom stereocenters. The molecule has 1 heterocycles. The Morgan fingerprint density at radius 2 is 0.676 bits per heavy atom. The van der Waals surface area contributed by atoms with E-state index >= 15 is 0 Å². The molecule has 0 bridgehead atoms. The molecule has 0 radical (unpaired) electrons. The van der Waals surface area contributed by atoms with Crippen molar-refractivity contribution in [2.75, 3.05) is 4.90 Å². The van der Waals surface area contributed by atoms with Crippen LogP contribution in [0.3, 0.4) is 0 Å². The Morgan fingerprint density at radius 1 is 0.235 bits per heavy atom. The molecule has 2 heteroatoms. The number of benzene rings is 12. The summed E-state index contributed by atoms with van der Waals surface area (Å²) in [5.41, 5.74) is 16.4. The van der Waals surface area contributed by atoms with Gasteiger partial charge in [-0.15, -0.1) is 0 Å². The lowest BCUT2D eigenvalue weighted by Crippen LogP contribution is -2.10. The molecular weight excluding hydrogens is 821 g/mol. The van der Waals surface area contributed by atoms with Gasteiger partial charge in [0.2, 0.25) is 0 Å². The van der Waals surface area contributed by atoms with Gasteiger partial charge in [-0.1, -0.05) is 200 Å². The van der Waals surface area contributed by atoms with Crippen molar-refractivity contribution < 1.29 is 0 Å². The average molecular weight is 865 g/mol. The summed E-state index contributed by atoms with van der Waals surface area (Å²) in [6, 6.07) is 97.4. The van der Waals surface area contributed by atoms with E-state index in [4.69, 9.17) is 0 Å². The van der Waals surface area contributed by atoms with Gasteiger partial charge in [0.05, 0.1) is 11.0 Å². The molecule has 318 valence electrons. The second kappa shape index (κ2) is 16.5. The van der Waals surface area contributed by atoms with E-state index in [0.717, 1.165) is 22.7 Å². The molecule has 0 N–H and O–H groups in total. The van der Waals surface area contributed by atoms with Crippen LogP contribution in [0.25, 0.3) is 104 Å². The van der Waals surface area contributed by atoms with E-state index in [1.807, 2.05) is 0 Å².